The molecule has 0 aliphatic carbocycles. The van der Waals surface area contributed by atoms with Crippen LogP contribution in [0, 0.1) is 6.92 Å². The molecule has 4 nitrogen and oxygen atoms in total. The van der Waals surface area contributed by atoms with E-state index in [1.165, 1.54) is 0 Å². The standard InChI is InChI=1S/C17H17BrN2O2/c1-11-3-7-16(22-11)15(10-21-2)20-17-8-4-12-9-13(18)5-6-14(12)19-17/h3-9,15H,10H2,1-2H3,(H,19,20). The van der Waals surface area contributed by atoms with Crippen LogP contribution in [0.4, 0.5) is 5.82 Å². The van der Waals surface area contributed by atoms with Crippen molar-refractivity contribution in [3.05, 3.63) is 58.5 Å². The van der Waals surface area contributed by atoms with Gasteiger partial charge in [-0.05, 0) is 49.4 Å². The number of hydrogen-bond donors (Lipinski definition) is 1. The summed E-state index contributed by atoms with van der Waals surface area (Å²) in [4.78, 5) is 4.64. The smallest absolute Gasteiger partial charge is 0.128 e. The first-order valence-corrected chi connectivity index (χ1v) is 7.83. The summed E-state index contributed by atoms with van der Waals surface area (Å²) in [5.41, 5.74) is 0.944. The molecule has 0 bridgehead atoms. The summed E-state index contributed by atoms with van der Waals surface area (Å²) in [5, 5.41) is 4.47. The number of furan rings is 1. The van der Waals surface area contributed by atoms with Crippen LogP contribution in [0.1, 0.15) is 17.6 Å². The topological polar surface area (TPSA) is 47.3 Å². The predicted octanol–water partition coefficient (Wildman–Crippen LogP) is 4.70. The first kappa shape index (κ1) is 15.1. The zero-order valence-corrected chi connectivity index (χ0v) is 14.1. The van der Waals surface area contributed by atoms with E-state index in [1.807, 2.05) is 43.3 Å². The zero-order chi connectivity index (χ0) is 15.5. The normalized spacial score (nSPS) is 12.5. The average molecular weight is 361 g/mol. The van der Waals surface area contributed by atoms with E-state index in [9.17, 15) is 0 Å². The molecular formula is C17H17BrN2O2. The number of aromatic nitrogens is 1. The van der Waals surface area contributed by atoms with E-state index < -0.39 is 0 Å². The number of anilines is 1. The van der Waals surface area contributed by atoms with Crippen molar-refractivity contribution in [2.24, 2.45) is 0 Å². The van der Waals surface area contributed by atoms with Gasteiger partial charge in [-0.3, -0.25) is 0 Å². The van der Waals surface area contributed by atoms with Gasteiger partial charge in [0, 0.05) is 17.0 Å². The number of ether oxygens (including phenoxy) is 1. The number of nitrogens with zero attached hydrogens (tertiary/aromatic N) is 1. The van der Waals surface area contributed by atoms with Crippen molar-refractivity contribution in [2.45, 2.75) is 13.0 Å². The minimum atomic E-state index is -0.0703. The van der Waals surface area contributed by atoms with Gasteiger partial charge in [0.05, 0.1) is 12.1 Å². The SMILES string of the molecule is COCC(Nc1ccc2cc(Br)ccc2n1)c1ccc(C)o1. The molecule has 2 aromatic heterocycles. The van der Waals surface area contributed by atoms with Gasteiger partial charge in [0.2, 0.25) is 0 Å². The van der Waals surface area contributed by atoms with Gasteiger partial charge in [0.15, 0.2) is 0 Å². The summed E-state index contributed by atoms with van der Waals surface area (Å²) in [6.07, 6.45) is 0. The fourth-order valence-corrected chi connectivity index (χ4v) is 2.74. The first-order valence-electron chi connectivity index (χ1n) is 7.04. The molecule has 0 amide bonds. The van der Waals surface area contributed by atoms with E-state index in [0.717, 1.165) is 32.7 Å². The lowest BCUT2D eigenvalue weighted by Crippen LogP contribution is -2.16. The van der Waals surface area contributed by atoms with Gasteiger partial charge in [-0.2, -0.15) is 0 Å². The van der Waals surface area contributed by atoms with Crippen LogP contribution >= 0.6 is 15.9 Å². The number of benzene rings is 1. The molecule has 0 spiro atoms. The maximum absolute atomic E-state index is 5.70. The monoisotopic (exact) mass is 360 g/mol. The lowest BCUT2D eigenvalue weighted by molar-refractivity contribution is 0.178. The Balaban J connectivity index is 1.87. The quantitative estimate of drug-likeness (QED) is 0.716. The summed E-state index contributed by atoms with van der Waals surface area (Å²) in [6, 6.07) is 13.9. The van der Waals surface area contributed by atoms with Crippen molar-refractivity contribution in [2.75, 3.05) is 19.0 Å². The molecule has 0 radical (unpaired) electrons. The van der Waals surface area contributed by atoms with Gasteiger partial charge in [-0.15, -0.1) is 0 Å². The van der Waals surface area contributed by atoms with Crippen LogP contribution in [0.5, 0.6) is 0 Å². The Kier molecular flexibility index (Phi) is 4.45. The van der Waals surface area contributed by atoms with Gasteiger partial charge in [-0.1, -0.05) is 15.9 Å². The van der Waals surface area contributed by atoms with Gasteiger partial charge in [0.25, 0.3) is 0 Å². The summed E-state index contributed by atoms with van der Waals surface area (Å²) >= 11 is 3.47. The highest BCUT2D eigenvalue weighted by Gasteiger charge is 2.15. The van der Waals surface area contributed by atoms with Crippen molar-refractivity contribution in [1.29, 1.82) is 0 Å². The Labute approximate surface area is 137 Å². The summed E-state index contributed by atoms with van der Waals surface area (Å²) in [6.45, 7) is 2.44. The van der Waals surface area contributed by atoms with Crippen molar-refractivity contribution in [3.63, 3.8) is 0 Å². The van der Waals surface area contributed by atoms with Crippen LogP contribution in [0.15, 0.2) is 51.4 Å². The molecule has 2 heterocycles. The Morgan fingerprint density at radius 1 is 1.23 bits per heavy atom. The van der Waals surface area contributed by atoms with Crippen LogP contribution in [0.3, 0.4) is 0 Å². The van der Waals surface area contributed by atoms with Crippen LogP contribution in [0.2, 0.25) is 0 Å². The van der Waals surface area contributed by atoms with E-state index in [2.05, 4.69) is 32.3 Å². The molecule has 22 heavy (non-hydrogen) atoms. The first-order chi connectivity index (χ1) is 10.7. The summed E-state index contributed by atoms with van der Waals surface area (Å²) in [5.74, 6) is 2.53. The Bertz CT molecular complexity index is 785. The van der Waals surface area contributed by atoms with Crippen LogP contribution in [0.25, 0.3) is 10.9 Å². The molecule has 114 valence electrons. The average Bonchev–Trinajstić information content (AvgIpc) is 2.93. The Morgan fingerprint density at radius 3 is 2.82 bits per heavy atom. The molecule has 1 N–H and O–H groups in total. The molecule has 3 aromatic rings. The number of nitrogens with one attached hydrogen (secondary N) is 1. The van der Waals surface area contributed by atoms with Crippen LogP contribution in [-0.4, -0.2) is 18.7 Å². The van der Waals surface area contributed by atoms with Gasteiger partial charge in [-0.25, -0.2) is 4.98 Å². The van der Waals surface area contributed by atoms with Gasteiger partial charge in [0.1, 0.15) is 23.4 Å². The van der Waals surface area contributed by atoms with E-state index in [0.29, 0.717) is 6.61 Å². The van der Waals surface area contributed by atoms with Crippen molar-refractivity contribution >= 4 is 32.7 Å². The van der Waals surface area contributed by atoms with Crippen LogP contribution < -0.4 is 5.32 Å². The third-order valence-electron chi connectivity index (χ3n) is 3.41. The molecule has 0 fully saturated rings. The highest BCUT2D eigenvalue weighted by molar-refractivity contribution is 9.10. The fraction of sp³-hybridized carbons (Fsp3) is 0.235. The van der Waals surface area contributed by atoms with E-state index in [-0.39, 0.29) is 6.04 Å². The third-order valence-corrected chi connectivity index (χ3v) is 3.90. The maximum Gasteiger partial charge on any atom is 0.128 e. The molecule has 0 saturated heterocycles. The predicted molar refractivity (Wildman–Crippen MR) is 91.1 cm³/mol. The number of hydrogen-bond acceptors (Lipinski definition) is 4. The molecule has 1 aromatic carbocycles. The highest BCUT2D eigenvalue weighted by atomic mass is 79.9. The molecule has 5 heteroatoms. The molecule has 1 atom stereocenters. The van der Waals surface area contributed by atoms with E-state index >= 15 is 0 Å². The second-order valence-corrected chi connectivity index (χ2v) is 6.05. The highest BCUT2D eigenvalue weighted by Crippen LogP contribution is 2.24. The number of halogens is 1. The molecular weight excluding hydrogens is 344 g/mol. The second kappa shape index (κ2) is 6.50. The number of rotatable bonds is 5. The Morgan fingerprint density at radius 2 is 2.09 bits per heavy atom. The lowest BCUT2D eigenvalue weighted by atomic mass is 10.2. The molecule has 1 unspecified atom stereocenters. The van der Waals surface area contributed by atoms with Gasteiger partial charge >= 0.3 is 0 Å². The summed E-state index contributed by atoms with van der Waals surface area (Å²) in [7, 11) is 1.68. The number of aryl methyl sites for hydroxylation is 1. The zero-order valence-electron chi connectivity index (χ0n) is 12.5. The second-order valence-electron chi connectivity index (χ2n) is 5.13. The molecule has 0 aliphatic heterocycles. The van der Waals surface area contributed by atoms with Gasteiger partial charge < -0.3 is 14.5 Å². The number of pyridine rings is 1. The lowest BCUT2D eigenvalue weighted by Gasteiger charge is -2.16. The number of fused-ring (bicyclic) bond motifs is 1. The molecule has 0 saturated carbocycles. The minimum Gasteiger partial charge on any atom is -0.464 e. The largest absolute Gasteiger partial charge is 0.464 e. The van der Waals surface area contributed by atoms with Crippen LogP contribution in [-0.2, 0) is 4.74 Å². The van der Waals surface area contributed by atoms with E-state index in [1.54, 1.807) is 7.11 Å². The van der Waals surface area contributed by atoms with Crippen molar-refractivity contribution in [3.8, 4) is 0 Å². The number of methoxy groups -OCH3 is 1. The summed E-state index contributed by atoms with van der Waals surface area (Å²) < 4.78 is 12.0. The maximum atomic E-state index is 5.70. The Hall–Kier alpha value is -1.85. The van der Waals surface area contributed by atoms with Crippen molar-refractivity contribution in [1.82, 2.24) is 4.98 Å². The minimum absolute atomic E-state index is 0.0703. The third kappa shape index (κ3) is 3.31. The molecule has 3 rings (SSSR count). The fourth-order valence-electron chi connectivity index (χ4n) is 2.36. The van der Waals surface area contributed by atoms with Crippen molar-refractivity contribution < 1.29 is 9.15 Å². The molecule has 0 aliphatic rings. The van der Waals surface area contributed by atoms with E-state index in [4.69, 9.17) is 9.15 Å².